The van der Waals surface area contributed by atoms with E-state index >= 15 is 0 Å². The van der Waals surface area contributed by atoms with Crippen molar-refractivity contribution >= 4 is 39.0 Å². The van der Waals surface area contributed by atoms with E-state index in [0.717, 1.165) is 27.3 Å². The van der Waals surface area contributed by atoms with Crippen molar-refractivity contribution in [1.29, 1.82) is 0 Å². The number of imidazole rings is 1. The molecule has 1 fully saturated rings. The molecule has 0 spiro atoms. The third-order valence-corrected chi connectivity index (χ3v) is 5.21. The molecule has 0 saturated heterocycles. The summed E-state index contributed by atoms with van der Waals surface area (Å²) in [5.41, 5.74) is 2.59. The molecule has 6 heteroatoms. The Balaban J connectivity index is 1.85. The van der Waals surface area contributed by atoms with Gasteiger partial charge in [-0.25, -0.2) is 9.97 Å². The van der Waals surface area contributed by atoms with E-state index in [1.54, 1.807) is 6.20 Å². The van der Waals surface area contributed by atoms with Gasteiger partial charge in [-0.2, -0.15) is 0 Å². The zero-order chi connectivity index (χ0) is 15.8. The fourth-order valence-corrected chi connectivity index (χ4v) is 3.72. The molecule has 0 amide bonds. The molecule has 1 aliphatic carbocycles. The number of benzene rings is 1. The molecule has 4 nitrogen and oxygen atoms in total. The van der Waals surface area contributed by atoms with E-state index in [0.29, 0.717) is 11.1 Å². The number of aromatic nitrogens is 3. The fraction of sp³-hybridized carbons (Fsp3) is 0.294. The number of hydrogen-bond acceptors (Lipinski definition) is 3. The Hall–Kier alpha value is -1.59. The molecule has 0 radical (unpaired) electrons. The van der Waals surface area contributed by atoms with Gasteiger partial charge in [0.2, 0.25) is 0 Å². The van der Waals surface area contributed by atoms with Gasteiger partial charge in [-0.15, -0.1) is 0 Å². The van der Waals surface area contributed by atoms with Crippen molar-refractivity contribution in [2.75, 3.05) is 5.32 Å². The highest BCUT2D eigenvalue weighted by molar-refractivity contribution is 9.10. The van der Waals surface area contributed by atoms with Gasteiger partial charge in [0.15, 0.2) is 11.5 Å². The average molecular weight is 392 g/mol. The Morgan fingerprint density at radius 1 is 1.22 bits per heavy atom. The van der Waals surface area contributed by atoms with E-state index in [4.69, 9.17) is 16.6 Å². The summed E-state index contributed by atoms with van der Waals surface area (Å²) in [5.74, 6) is 0.819. The lowest BCUT2D eigenvalue weighted by Gasteiger charge is -2.15. The smallest absolute Gasteiger partial charge is 0.181 e. The van der Waals surface area contributed by atoms with Crippen LogP contribution in [0.5, 0.6) is 0 Å². The minimum absolute atomic E-state index is 0.475. The lowest BCUT2D eigenvalue weighted by Crippen LogP contribution is -2.16. The van der Waals surface area contributed by atoms with Gasteiger partial charge in [-0.05, 0) is 34.8 Å². The van der Waals surface area contributed by atoms with Crippen molar-refractivity contribution in [3.63, 3.8) is 0 Å². The van der Waals surface area contributed by atoms with Crippen LogP contribution in [0.4, 0.5) is 5.82 Å². The van der Waals surface area contributed by atoms with Gasteiger partial charge < -0.3 is 5.32 Å². The first-order valence-corrected chi connectivity index (χ1v) is 8.94. The summed E-state index contributed by atoms with van der Waals surface area (Å²) < 4.78 is 2.90. The number of hydrogen-bond donors (Lipinski definition) is 1. The Kier molecular flexibility index (Phi) is 3.99. The lowest BCUT2D eigenvalue weighted by atomic mass is 10.1. The first-order chi connectivity index (χ1) is 11.2. The molecule has 0 aliphatic heterocycles. The number of rotatable bonds is 3. The van der Waals surface area contributed by atoms with Crippen molar-refractivity contribution in [1.82, 2.24) is 14.4 Å². The highest BCUT2D eigenvalue weighted by Crippen LogP contribution is 2.31. The van der Waals surface area contributed by atoms with Crippen molar-refractivity contribution in [3.05, 3.63) is 46.3 Å². The molecule has 2 heterocycles. The van der Waals surface area contributed by atoms with Gasteiger partial charge in [0.25, 0.3) is 0 Å². The summed E-state index contributed by atoms with van der Waals surface area (Å²) in [6.45, 7) is 0. The second kappa shape index (κ2) is 6.13. The van der Waals surface area contributed by atoms with Crippen LogP contribution in [0.25, 0.3) is 16.9 Å². The summed E-state index contributed by atoms with van der Waals surface area (Å²) in [6, 6.07) is 8.24. The number of anilines is 1. The van der Waals surface area contributed by atoms with E-state index in [9.17, 15) is 0 Å². The summed E-state index contributed by atoms with van der Waals surface area (Å²) in [6.07, 6.45) is 8.69. The Labute approximate surface area is 148 Å². The molecule has 1 aromatic carbocycles. The SMILES string of the molecule is Clc1ccccc1-c1cn2c(Br)cnc2c(NC2CCCC2)n1. The number of halogens is 2. The van der Waals surface area contributed by atoms with Crippen LogP contribution in [0.15, 0.2) is 41.3 Å². The number of nitrogens with zero attached hydrogens (tertiary/aromatic N) is 3. The van der Waals surface area contributed by atoms with E-state index in [2.05, 4.69) is 26.2 Å². The van der Waals surface area contributed by atoms with Crippen molar-refractivity contribution in [2.24, 2.45) is 0 Å². The Morgan fingerprint density at radius 3 is 2.78 bits per heavy atom. The van der Waals surface area contributed by atoms with E-state index < -0.39 is 0 Å². The van der Waals surface area contributed by atoms with Crippen LogP contribution < -0.4 is 5.32 Å². The molecule has 1 N–H and O–H groups in total. The predicted molar refractivity (Wildman–Crippen MR) is 97.0 cm³/mol. The summed E-state index contributed by atoms with van der Waals surface area (Å²) >= 11 is 9.90. The second-order valence-corrected chi connectivity index (χ2v) is 7.07. The highest BCUT2D eigenvalue weighted by atomic mass is 79.9. The molecule has 4 rings (SSSR count). The van der Waals surface area contributed by atoms with Crippen LogP contribution in [0.3, 0.4) is 0 Å². The zero-order valence-corrected chi connectivity index (χ0v) is 14.8. The van der Waals surface area contributed by atoms with Crippen molar-refractivity contribution in [3.8, 4) is 11.3 Å². The van der Waals surface area contributed by atoms with Gasteiger partial charge in [0, 0.05) is 17.8 Å². The minimum Gasteiger partial charge on any atom is -0.364 e. The van der Waals surface area contributed by atoms with E-state index in [1.165, 1.54) is 25.7 Å². The zero-order valence-electron chi connectivity index (χ0n) is 12.5. The van der Waals surface area contributed by atoms with Gasteiger partial charge >= 0.3 is 0 Å². The topological polar surface area (TPSA) is 42.2 Å². The quantitative estimate of drug-likeness (QED) is 0.670. The molecule has 0 bridgehead atoms. The predicted octanol–water partition coefficient (Wildman–Crippen LogP) is 5.17. The summed E-state index contributed by atoms with van der Waals surface area (Å²) in [5, 5.41) is 4.27. The normalized spacial score (nSPS) is 15.4. The standard InChI is InChI=1S/C17H16BrClN4/c18-15-9-20-17-16(21-11-5-1-2-6-11)22-14(10-23(15)17)12-7-3-4-8-13(12)19/h3-4,7-11H,1-2,5-6H2,(H,21,22). The summed E-state index contributed by atoms with van der Waals surface area (Å²) in [4.78, 5) is 9.28. The molecule has 3 aromatic rings. The minimum atomic E-state index is 0.475. The van der Waals surface area contributed by atoms with Gasteiger partial charge in [-0.3, -0.25) is 4.40 Å². The molecule has 118 valence electrons. The van der Waals surface area contributed by atoms with Crippen LogP contribution in [-0.4, -0.2) is 20.4 Å². The van der Waals surface area contributed by atoms with Crippen LogP contribution in [0.2, 0.25) is 5.02 Å². The maximum Gasteiger partial charge on any atom is 0.181 e. The molecule has 1 aliphatic rings. The molecule has 23 heavy (non-hydrogen) atoms. The maximum atomic E-state index is 6.35. The second-order valence-electron chi connectivity index (χ2n) is 5.85. The first-order valence-electron chi connectivity index (χ1n) is 7.77. The lowest BCUT2D eigenvalue weighted by molar-refractivity contribution is 0.750. The van der Waals surface area contributed by atoms with Gasteiger partial charge in [0.1, 0.15) is 4.60 Å². The van der Waals surface area contributed by atoms with Gasteiger partial charge in [-0.1, -0.05) is 42.6 Å². The fourth-order valence-electron chi connectivity index (χ4n) is 3.12. The summed E-state index contributed by atoms with van der Waals surface area (Å²) in [7, 11) is 0. The van der Waals surface area contributed by atoms with Crippen molar-refractivity contribution in [2.45, 2.75) is 31.7 Å². The average Bonchev–Trinajstić information content (AvgIpc) is 3.18. The van der Waals surface area contributed by atoms with Crippen LogP contribution >= 0.6 is 27.5 Å². The van der Waals surface area contributed by atoms with E-state index in [-0.39, 0.29) is 0 Å². The highest BCUT2D eigenvalue weighted by Gasteiger charge is 2.19. The third-order valence-electron chi connectivity index (χ3n) is 4.29. The molecule has 2 aromatic heterocycles. The maximum absolute atomic E-state index is 6.35. The van der Waals surface area contributed by atoms with Crippen LogP contribution in [-0.2, 0) is 0 Å². The third kappa shape index (κ3) is 2.83. The monoisotopic (exact) mass is 390 g/mol. The number of fused-ring (bicyclic) bond motifs is 1. The molecular formula is C17H16BrClN4. The van der Waals surface area contributed by atoms with E-state index in [1.807, 2.05) is 34.9 Å². The van der Waals surface area contributed by atoms with Crippen LogP contribution in [0, 0.1) is 0 Å². The van der Waals surface area contributed by atoms with Gasteiger partial charge in [0.05, 0.1) is 16.9 Å². The molecule has 0 unspecified atom stereocenters. The molecule has 1 saturated carbocycles. The first kappa shape index (κ1) is 15.0. The number of nitrogens with one attached hydrogen (secondary N) is 1. The van der Waals surface area contributed by atoms with Crippen LogP contribution in [0.1, 0.15) is 25.7 Å². The Bertz CT molecular complexity index is 855. The largest absolute Gasteiger partial charge is 0.364 e. The van der Waals surface area contributed by atoms with Crippen molar-refractivity contribution < 1.29 is 0 Å². The molecular weight excluding hydrogens is 376 g/mol. The molecule has 0 atom stereocenters. The Morgan fingerprint density at radius 2 is 2.00 bits per heavy atom.